The van der Waals surface area contributed by atoms with Crippen molar-refractivity contribution < 1.29 is 4.39 Å². The third-order valence-electron chi connectivity index (χ3n) is 3.45. The summed E-state index contributed by atoms with van der Waals surface area (Å²) >= 11 is 5.99. The highest BCUT2D eigenvalue weighted by Crippen LogP contribution is 2.52. The van der Waals surface area contributed by atoms with Crippen LogP contribution >= 0.6 is 11.6 Å². The molecule has 1 unspecified atom stereocenters. The van der Waals surface area contributed by atoms with E-state index in [1.165, 1.54) is 0 Å². The summed E-state index contributed by atoms with van der Waals surface area (Å²) in [5.74, 6) is 0. The molecule has 0 spiro atoms. The van der Waals surface area contributed by atoms with Crippen LogP contribution in [-0.4, -0.2) is 6.04 Å². The Bertz CT molecular complexity index is 372. The molecule has 15 heavy (non-hydrogen) atoms. The molecule has 1 fully saturated rings. The molecule has 1 saturated carbocycles. The maximum Gasteiger partial charge on any atom is 0.116 e. The van der Waals surface area contributed by atoms with Gasteiger partial charge < -0.3 is 5.73 Å². The first kappa shape index (κ1) is 10.9. The summed E-state index contributed by atoms with van der Waals surface area (Å²) in [4.78, 5) is 0. The zero-order valence-corrected chi connectivity index (χ0v) is 9.52. The van der Waals surface area contributed by atoms with Crippen LogP contribution in [0.15, 0.2) is 18.2 Å². The molecule has 2 N–H and O–H groups in total. The number of halogens is 2. The molecule has 1 aromatic carbocycles. The normalized spacial score (nSPS) is 20.0. The van der Waals surface area contributed by atoms with Gasteiger partial charge in [0.2, 0.25) is 0 Å². The molecule has 3 heteroatoms. The fourth-order valence-electron chi connectivity index (χ4n) is 2.27. The summed E-state index contributed by atoms with van der Waals surface area (Å²) in [5.41, 5.74) is 7.58. The van der Waals surface area contributed by atoms with E-state index in [-0.39, 0.29) is 11.5 Å². The summed E-state index contributed by atoms with van der Waals surface area (Å²) < 4.78 is 12.9. The fraction of sp³-hybridized carbons (Fsp3) is 0.500. The third kappa shape index (κ3) is 1.66. The van der Waals surface area contributed by atoms with Gasteiger partial charge in [-0.3, -0.25) is 0 Å². The molecule has 0 saturated heterocycles. The van der Waals surface area contributed by atoms with Gasteiger partial charge in [0.15, 0.2) is 0 Å². The van der Waals surface area contributed by atoms with E-state index in [9.17, 15) is 4.39 Å². The molecule has 1 atom stereocenters. The lowest BCUT2D eigenvalue weighted by molar-refractivity contribution is 0.470. The second kappa shape index (κ2) is 3.76. The molecule has 1 aliphatic carbocycles. The van der Waals surface area contributed by atoms with Crippen LogP contribution < -0.4 is 5.73 Å². The van der Waals surface area contributed by atoms with Crippen LogP contribution in [0, 0.1) is 0 Å². The smallest absolute Gasteiger partial charge is 0.116 e. The standard InChI is InChI=1S/C12H15ClFN/c1-8(15)12(5-6-12)10-3-2-4-11(13)9(10)7-14/h2-4,8H,5-7,15H2,1H3. The van der Waals surface area contributed by atoms with Gasteiger partial charge in [-0.25, -0.2) is 4.39 Å². The largest absolute Gasteiger partial charge is 0.327 e. The maximum absolute atomic E-state index is 12.9. The van der Waals surface area contributed by atoms with Crippen LogP contribution in [0.5, 0.6) is 0 Å². The van der Waals surface area contributed by atoms with Gasteiger partial charge in [0.25, 0.3) is 0 Å². The van der Waals surface area contributed by atoms with Crippen LogP contribution in [0.4, 0.5) is 4.39 Å². The third-order valence-corrected chi connectivity index (χ3v) is 3.80. The lowest BCUT2D eigenvalue weighted by Crippen LogP contribution is -2.32. The Morgan fingerprint density at radius 2 is 2.20 bits per heavy atom. The first-order valence-corrected chi connectivity index (χ1v) is 5.59. The highest BCUT2D eigenvalue weighted by Gasteiger charge is 2.48. The minimum Gasteiger partial charge on any atom is -0.327 e. The van der Waals surface area contributed by atoms with Crippen LogP contribution in [0.1, 0.15) is 30.9 Å². The number of rotatable bonds is 3. The second-order valence-electron chi connectivity index (χ2n) is 4.34. The van der Waals surface area contributed by atoms with Gasteiger partial charge in [-0.05, 0) is 31.4 Å². The SMILES string of the molecule is CC(N)C1(c2cccc(Cl)c2CF)CC1. The van der Waals surface area contributed by atoms with Crippen molar-refractivity contribution in [3.63, 3.8) is 0 Å². The predicted molar refractivity (Wildman–Crippen MR) is 60.8 cm³/mol. The Morgan fingerprint density at radius 1 is 1.53 bits per heavy atom. The topological polar surface area (TPSA) is 26.0 Å². The molecular formula is C12H15ClFN. The van der Waals surface area contributed by atoms with Crippen LogP contribution in [0.2, 0.25) is 5.02 Å². The average molecular weight is 228 g/mol. The van der Waals surface area contributed by atoms with Gasteiger partial charge in [0.1, 0.15) is 6.67 Å². The quantitative estimate of drug-likeness (QED) is 0.843. The molecule has 0 amide bonds. The van der Waals surface area contributed by atoms with Crippen molar-refractivity contribution in [2.24, 2.45) is 5.73 Å². The van der Waals surface area contributed by atoms with Crippen molar-refractivity contribution in [2.45, 2.75) is 37.9 Å². The van der Waals surface area contributed by atoms with E-state index in [2.05, 4.69) is 0 Å². The van der Waals surface area contributed by atoms with E-state index in [1.54, 1.807) is 6.07 Å². The number of hydrogen-bond donors (Lipinski definition) is 1. The molecule has 0 heterocycles. The Balaban J connectivity index is 2.49. The Labute approximate surface area is 94.4 Å². The minimum absolute atomic E-state index is 0.0215. The number of benzene rings is 1. The lowest BCUT2D eigenvalue weighted by atomic mass is 9.86. The highest BCUT2D eigenvalue weighted by atomic mass is 35.5. The minimum atomic E-state index is -0.510. The number of hydrogen-bond acceptors (Lipinski definition) is 1. The summed E-state index contributed by atoms with van der Waals surface area (Å²) in [6.45, 7) is 1.47. The summed E-state index contributed by atoms with van der Waals surface area (Å²) in [5, 5.41) is 0.516. The van der Waals surface area contributed by atoms with Gasteiger partial charge in [0.05, 0.1) is 0 Å². The van der Waals surface area contributed by atoms with Crippen molar-refractivity contribution in [3.8, 4) is 0 Å². The highest BCUT2D eigenvalue weighted by molar-refractivity contribution is 6.31. The summed E-state index contributed by atoms with van der Waals surface area (Å²) in [6, 6.07) is 5.62. The van der Waals surface area contributed by atoms with Gasteiger partial charge in [-0.15, -0.1) is 0 Å². The van der Waals surface area contributed by atoms with Crippen molar-refractivity contribution in [1.82, 2.24) is 0 Å². The molecule has 1 nitrogen and oxygen atoms in total. The van der Waals surface area contributed by atoms with E-state index in [0.29, 0.717) is 10.6 Å². The molecule has 82 valence electrons. The molecule has 1 aromatic rings. The van der Waals surface area contributed by atoms with Crippen LogP contribution in [-0.2, 0) is 12.1 Å². The van der Waals surface area contributed by atoms with Crippen molar-refractivity contribution in [2.75, 3.05) is 0 Å². The van der Waals surface area contributed by atoms with Gasteiger partial charge in [0, 0.05) is 22.0 Å². The molecule has 1 aliphatic rings. The zero-order chi connectivity index (χ0) is 11.1. The predicted octanol–water partition coefficient (Wildman–Crippen LogP) is 3.19. The average Bonchev–Trinajstić information content (AvgIpc) is 2.98. The summed E-state index contributed by atoms with van der Waals surface area (Å²) in [6.07, 6.45) is 2.08. The van der Waals surface area contributed by atoms with Crippen molar-refractivity contribution >= 4 is 11.6 Å². The monoisotopic (exact) mass is 227 g/mol. The van der Waals surface area contributed by atoms with E-state index in [4.69, 9.17) is 17.3 Å². The lowest BCUT2D eigenvalue weighted by Gasteiger charge is -2.23. The first-order valence-electron chi connectivity index (χ1n) is 5.21. The molecule has 0 aromatic heterocycles. The van der Waals surface area contributed by atoms with Gasteiger partial charge in [-0.2, -0.15) is 0 Å². The van der Waals surface area contributed by atoms with E-state index < -0.39 is 6.67 Å². The summed E-state index contributed by atoms with van der Waals surface area (Å²) in [7, 11) is 0. The molecular weight excluding hydrogens is 213 g/mol. The van der Waals surface area contributed by atoms with E-state index >= 15 is 0 Å². The molecule has 0 radical (unpaired) electrons. The molecule has 0 aliphatic heterocycles. The Kier molecular flexibility index (Phi) is 2.73. The van der Waals surface area contributed by atoms with Gasteiger partial charge in [-0.1, -0.05) is 23.7 Å². The van der Waals surface area contributed by atoms with Crippen LogP contribution in [0.25, 0.3) is 0 Å². The molecule has 0 bridgehead atoms. The molecule has 2 rings (SSSR count). The second-order valence-corrected chi connectivity index (χ2v) is 4.75. The van der Waals surface area contributed by atoms with E-state index in [1.807, 2.05) is 19.1 Å². The Hall–Kier alpha value is -0.600. The van der Waals surface area contributed by atoms with Gasteiger partial charge >= 0.3 is 0 Å². The van der Waals surface area contributed by atoms with Crippen LogP contribution in [0.3, 0.4) is 0 Å². The van der Waals surface area contributed by atoms with Crippen molar-refractivity contribution in [3.05, 3.63) is 34.3 Å². The Morgan fingerprint density at radius 3 is 2.67 bits per heavy atom. The van der Waals surface area contributed by atoms with Crippen molar-refractivity contribution in [1.29, 1.82) is 0 Å². The first-order chi connectivity index (χ1) is 7.12. The van der Waals surface area contributed by atoms with E-state index in [0.717, 1.165) is 18.4 Å². The fourth-order valence-corrected chi connectivity index (χ4v) is 2.49. The number of nitrogens with two attached hydrogens (primary N) is 1. The number of alkyl halides is 1. The zero-order valence-electron chi connectivity index (χ0n) is 8.76. The maximum atomic E-state index is 12.9.